The molecule has 3 aromatic rings. The van der Waals surface area contributed by atoms with Crippen molar-refractivity contribution in [1.82, 2.24) is 10.2 Å². The third-order valence-corrected chi connectivity index (χ3v) is 5.60. The largest absolute Gasteiger partial charge is 0.507 e. The van der Waals surface area contributed by atoms with Crippen LogP contribution in [-0.2, 0) is 6.42 Å². The standard InChI is InChI=1S/C24H24N2O4/c27-22-19(13-16-3-5-18(6-4-16)24(29)30)9-7-17-8-10-20(14-21(17)22)23(28)25-15-26-11-1-2-12-26/h3-10,14,27H,1-2,11-13,15H2,(H,25,28)(H,29,30). The van der Waals surface area contributed by atoms with Gasteiger partial charge in [-0.15, -0.1) is 0 Å². The zero-order chi connectivity index (χ0) is 21.1. The number of carboxylic acids is 1. The second-order valence-electron chi connectivity index (χ2n) is 7.68. The average Bonchev–Trinajstić information content (AvgIpc) is 3.28. The number of aromatic carboxylic acids is 1. The van der Waals surface area contributed by atoms with Crippen LogP contribution in [0.5, 0.6) is 5.75 Å². The number of fused-ring (bicyclic) bond motifs is 1. The van der Waals surface area contributed by atoms with Gasteiger partial charge in [0.15, 0.2) is 0 Å². The van der Waals surface area contributed by atoms with Gasteiger partial charge in [0.1, 0.15) is 5.75 Å². The number of phenolic OH excluding ortho intramolecular Hbond substituents is 1. The van der Waals surface area contributed by atoms with Crippen LogP contribution in [0.15, 0.2) is 54.6 Å². The molecule has 0 unspecified atom stereocenters. The Morgan fingerprint density at radius 2 is 1.60 bits per heavy atom. The molecule has 4 rings (SSSR count). The number of hydrogen-bond donors (Lipinski definition) is 3. The van der Waals surface area contributed by atoms with Crippen molar-refractivity contribution in [2.75, 3.05) is 19.8 Å². The van der Waals surface area contributed by atoms with Gasteiger partial charge >= 0.3 is 5.97 Å². The van der Waals surface area contributed by atoms with E-state index in [2.05, 4.69) is 10.2 Å². The van der Waals surface area contributed by atoms with Gasteiger partial charge in [0.25, 0.3) is 5.91 Å². The molecule has 0 saturated carbocycles. The molecule has 1 saturated heterocycles. The molecule has 30 heavy (non-hydrogen) atoms. The zero-order valence-corrected chi connectivity index (χ0v) is 16.6. The molecule has 6 nitrogen and oxygen atoms in total. The first-order valence-electron chi connectivity index (χ1n) is 10.1. The molecule has 1 aliphatic heterocycles. The molecule has 1 fully saturated rings. The Balaban J connectivity index is 1.54. The van der Waals surface area contributed by atoms with E-state index in [1.54, 1.807) is 36.4 Å². The van der Waals surface area contributed by atoms with Crippen LogP contribution < -0.4 is 5.32 Å². The van der Waals surface area contributed by atoms with Gasteiger partial charge in [-0.2, -0.15) is 0 Å². The Kier molecular flexibility index (Phi) is 5.68. The molecular weight excluding hydrogens is 380 g/mol. The predicted molar refractivity (Wildman–Crippen MR) is 115 cm³/mol. The fourth-order valence-corrected chi connectivity index (χ4v) is 3.84. The molecule has 0 bridgehead atoms. The minimum absolute atomic E-state index is 0.143. The predicted octanol–water partition coefficient (Wildman–Crippen LogP) is 3.62. The molecule has 154 valence electrons. The van der Waals surface area contributed by atoms with Crippen molar-refractivity contribution in [2.24, 2.45) is 0 Å². The quantitative estimate of drug-likeness (QED) is 0.584. The molecule has 1 heterocycles. The summed E-state index contributed by atoms with van der Waals surface area (Å²) < 4.78 is 0. The number of carbonyl (C=O) groups is 2. The number of nitrogens with zero attached hydrogens (tertiary/aromatic N) is 1. The van der Waals surface area contributed by atoms with E-state index in [9.17, 15) is 14.7 Å². The Morgan fingerprint density at radius 1 is 0.933 bits per heavy atom. The number of carboxylic acid groups (broad SMARTS) is 1. The van der Waals surface area contributed by atoms with Crippen molar-refractivity contribution in [2.45, 2.75) is 19.3 Å². The highest BCUT2D eigenvalue weighted by Gasteiger charge is 2.15. The normalized spacial score (nSPS) is 14.1. The number of hydrogen-bond acceptors (Lipinski definition) is 4. The SMILES string of the molecule is O=C(O)c1ccc(Cc2ccc3ccc(C(=O)NCN4CCCC4)cc3c2O)cc1. The lowest BCUT2D eigenvalue weighted by Gasteiger charge is -2.15. The van der Waals surface area contributed by atoms with E-state index in [4.69, 9.17) is 5.11 Å². The van der Waals surface area contributed by atoms with Gasteiger partial charge in [-0.25, -0.2) is 4.79 Å². The lowest BCUT2D eigenvalue weighted by Crippen LogP contribution is -2.35. The number of nitrogens with one attached hydrogen (secondary N) is 1. The van der Waals surface area contributed by atoms with Crippen LogP contribution in [-0.4, -0.2) is 46.7 Å². The van der Waals surface area contributed by atoms with Crippen molar-refractivity contribution in [1.29, 1.82) is 0 Å². The maximum atomic E-state index is 12.6. The molecular formula is C24H24N2O4. The van der Waals surface area contributed by atoms with E-state index in [-0.39, 0.29) is 17.2 Å². The van der Waals surface area contributed by atoms with Crippen molar-refractivity contribution in [3.8, 4) is 5.75 Å². The van der Waals surface area contributed by atoms with Crippen LogP contribution in [0.4, 0.5) is 0 Å². The summed E-state index contributed by atoms with van der Waals surface area (Å²) in [6, 6.07) is 15.7. The van der Waals surface area contributed by atoms with Crippen molar-refractivity contribution < 1.29 is 19.8 Å². The first-order valence-corrected chi connectivity index (χ1v) is 10.1. The molecule has 0 aromatic heterocycles. The van der Waals surface area contributed by atoms with E-state index >= 15 is 0 Å². The Hall–Kier alpha value is -3.38. The highest BCUT2D eigenvalue weighted by Crippen LogP contribution is 2.31. The number of rotatable bonds is 6. The van der Waals surface area contributed by atoms with Crippen LogP contribution in [0.3, 0.4) is 0 Å². The number of amides is 1. The van der Waals surface area contributed by atoms with Crippen LogP contribution >= 0.6 is 0 Å². The topological polar surface area (TPSA) is 89.9 Å². The summed E-state index contributed by atoms with van der Waals surface area (Å²) in [5, 5.41) is 24.3. The zero-order valence-electron chi connectivity index (χ0n) is 16.6. The minimum atomic E-state index is -0.967. The van der Waals surface area contributed by atoms with Crippen LogP contribution in [0, 0.1) is 0 Å². The van der Waals surface area contributed by atoms with Crippen molar-refractivity contribution >= 4 is 22.6 Å². The van der Waals surface area contributed by atoms with E-state index in [0.29, 0.717) is 24.0 Å². The van der Waals surface area contributed by atoms with Gasteiger partial charge in [0, 0.05) is 17.4 Å². The van der Waals surface area contributed by atoms with Gasteiger partial charge < -0.3 is 15.5 Å². The summed E-state index contributed by atoms with van der Waals surface area (Å²) >= 11 is 0. The van der Waals surface area contributed by atoms with E-state index < -0.39 is 5.97 Å². The van der Waals surface area contributed by atoms with Crippen molar-refractivity contribution in [3.05, 3.63) is 76.9 Å². The van der Waals surface area contributed by atoms with Crippen LogP contribution in [0.25, 0.3) is 10.8 Å². The first kappa shape index (κ1) is 19.9. The summed E-state index contributed by atoms with van der Waals surface area (Å²) in [7, 11) is 0. The van der Waals surface area contributed by atoms with Crippen molar-refractivity contribution in [3.63, 3.8) is 0 Å². The highest BCUT2D eigenvalue weighted by atomic mass is 16.4. The third kappa shape index (κ3) is 4.28. The number of benzene rings is 3. The van der Waals surface area contributed by atoms with Gasteiger partial charge in [-0.3, -0.25) is 9.69 Å². The summed E-state index contributed by atoms with van der Waals surface area (Å²) in [5.74, 6) is -0.979. The fourth-order valence-electron chi connectivity index (χ4n) is 3.84. The van der Waals surface area contributed by atoms with Gasteiger partial charge in [0.05, 0.1) is 12.2 Å². The second-order valence-corrected chi connectivity index (χ2v) is 7.68. The number of phenols is 1. The number of aromatic hydroxyl groups is 1. The molecule has 3 aromatic carbocycles. The molecule has 0 aliphatic carbocycles. The summed E-state index contributed by atoms with van der Waals surface area (Å²) in [6.45, 7) is 2.56. The molecule has 6 heteroatoms. The maximum absolute atomic E-state index is 12.6. The summed E-state index contributed by atoms with van der Waals surface area (Å²) in [6.07, 6.45) is 2.80. The number of carbonyl (C=O) groups excluding carboxylic acids is 1. The monoisotopic (exact) mass is 404 g/mol. The molecule has 0 atom stereocenters. The highest BCUT2D eigenvalue weighted by molar-refractivity contribution is 6.00. The van der Waals surface area contributed by atoms with E-state index in [1.165, 1.54) is 12.8 Å². The molecule has 1 amide bonds. The average molecular weight is 404 g/mol. The van der Waals surface area contributed by atoms with Gasteiger partial charge in [0.2, 0.25) is 0 Å². The second kappa shape index (κ2) is 8.55. The Labute approximate surface area is 174 Å². The van der Waals surface area contributed by atoms with E-state index in [0.717, 1.165) is 29.6 Å². The Bertz CT molecular complexity index is 1090. The van der Waals surface area contributed by atoms with Gasteiger partial charge in [-0.05, 0) is 66.7 Å². The maximum Gasteiger partial charge on any atom is 0.335 e. The fraction of sp³-hybridized carbons (Fsp3) is 0.250. The molecule has 1 aliphatic rings. The third-order valence-electron chi connectivity index (χ3n) is 5.60. The number of likely N-dealkylation sites (tertiary alicyclic amines) is 1. The lowest BCUT2D eigenvalue weighted by atomic mass is 9.98. The molecule has 0 spiro atoms. The lowest BCUT2D eigenvalue weighted by molar-refractivity contribution is 0.0696. The van der Waals surface area contributed by atoms with E-state index in [1.807, 2.05) is 18.2 Å². The summed E-state index contributed by atoms with van der Waals surface area (Å²) in [5.41, 5.74) is 2.36. The molecule has 3 N–H and O–H groups in total. The smallest absolute Gasteiger partial charge is 0.335 e. The Morgan fingerprint density at radius 3 is 2.30 bits per heavy atom. The minimum Gasteiger partial charge on any atom is -0.507 e. The van der Waals surface area contributed by atoms with Crippen LogP contribution in [0.1, 0.15) is 44.7 Å². The van der Waals surface area contributed by atoms with Gasteiger partial charge in [-0.1, -0.05) is 30.3 Å². The molecule has 0 radical (unpaired) electrons. The van der Waals surface area contributed by atoms with Crippen LogP contribution in [0.2, 0.25) is 0 Å². The summed E-state index contributed by atoms with van der Waals surface area (Å²) in [4.78, 5) is 25.8. The first-order chi connectivity index (χ1) is 14.5.